The maximum atomic E-state index is 9.30. The summed E-state index contributed by atoms with van der Waals surface area (Å²) in [5.74, 6) is 0. The van der Waals surface area contributed by atoms with E-state index in [2.05, 4.69) is 29.3 Å². The van der Waals surface area contributed by atoms with E-state index in [9.17, 15) is 5.11 Å². The molecule has 0 aliphatic heterocycles. The van der Waals surface area contributed by atoms with E-state index in [1.54, 1.807) is 6.92 Å². The van der Waals surface area contributed by atoms with Gasteiger partial charge in [-0.1, -0.05) is 13.8 Å². The van der Waals surface area contributed by atoms with Crippen LogP contribution in [0, 0.1) is 0 Å². The molecule has 1 aromatic rings. The van der Waals surface area contributed by atoms with Crippen molar-refractivity contribution < 1.29 is 5.11 Å². The Balaban J connectivity index is 3.02. The zero-order valence-corrected chi connectivity index (χ0v) is 8.99. The third-order valence-electron chi connectivity index (χ3n) is 2.20. The van der Waals surface area contributed by atoms with Crippen molar-refractivity contribution in [2.75, 3.05) is 0 Å². The summed E-state index contributed by atoms with van der Waals surface area (Å²) < 4.78 is 0. The number of aliphatic hydroxyl groups excluding tert-OH is 1. The first-order valence-corrected chi connectivity index (χ1v) is 5.07. The average Bonchev–Trinajstić information content (AvgIpc) is 2.16. The number of hydrogen-bond acceptors (Lipinski definition) is 4. The Hall–Kier alpha value is -1.03. The van der Waals surface area contributed by atoms with Gasteiger partial charge in [0.2, 0.25) is 0 Å². The molecule has 0 aliphatic rings. The summed E-state index contributed by atoms with van der Waals surface area (Å²) in [5.41, 5.74) is 3.02. The van der Waals surface area contributed by atoms with Gasteiger partial charge in [0.15, 0.2) is 0 Å². The molecular weight excluding hydrogens is 178 g/mol. The first kappa shape index (κ1) is 11.0. The zero-order valence-electron chi connectivity index (χ0n) is 8.99. The van der Waals surface area contributed by atoms with Crippen LogP contribution in [0.5, 0.6) is 0 Å². The van der Waals surface area contributed by atoms with Gasteiger partial charge in [-0.25, -0.2) is 0 Å². The van der Waals surface area contributed by atoms with Crippen LogP contribution in [0.15, 0.2) is 0 Å². The summed E-state index contributed by atoms with van der Waals surface area (Å²) in [6.07, 6.45) is 1.95. The summed E-state index contributed by atoms with van der Waals surface area (Å²) in [7, 11) is 0. The molecule has 1 heterocycles. The third-order valence-corrected chi connectivity index (χ3v) is 2.20. The fraction of sp³-hybridized carbons (Fsp3) is 0.700. The molecule has 4 heteroatoms. The highest BCUT2D eigenvalue weighted by atomic mass is 16.3. The standard InChI is InChI=1S/C10H17N3O/c1-4-8-9(5-2)11-13-12-10(8)6-7(3)14/h7,14H,4-6H2,1-3H3. The fourth-order valence-electron chi connectivity index (χ4n) is 1.55. The van der Waals surface area contributed by atoms with Crippen molar-refractivity contribution in [3.8, 4) is 0 Å². The summed E-state index contributed by atoms with van der Waals surface area (Å²) in [6, 6.07) is 0. The molecule has 0 saturated heterocycles. The minimum atomic E-state index is -0.373. The van der Waals surface area contributed by atoms with E-state index in [-0.39, 0.29) is 6.10 Å². The molecule has 0 fully saturated rings. The first-order chi connectivity index (χ1) is 6.69. The van der Waals surface area contributed by atoms with Gasteiger partial charge in [0.25, 0.3) is 0 Å². The predicted molar refractivity (Wildman–Crippen MR) is 54.0 cm³/mol. The lowest BCUT2D eigenvalue weighted by Gasteiger charge is -2.09. The van der Waals surface area contributed by atoms with E-state index >= 15 is 0 Å². The van der Waals surface area contributed by atoms with Gasteiger partial charge in [-0.15, -0.1) is 10.2 Å². The second-order valence-corrected chi connectivity index (χ2v) is 3.42. The van der Waals surface area contributed by atoms with Gasteiger partial charge in [-0.2, -0.15) is 0 Å². The minimum absolute atomic E-state index is 0.373. The Morgan fingerprint density at radius 1 is 1.14 bits per heavy atom. The number of hydrogen-bond donors (Lipinski definition) is 1. The van der Waals surface area contributed by atoms with Crippen molar-refractivity contribution in [3.63, 3.8) is 0 Å². The van der Waals surface area contributed by atoms with Crippen LogP contribution in [-0.4, -0.2) is 26.6 Å². The summed E-state index contributed by atoms with van der Waals surface area (Å²) in [4.78, 5) is 0. The fourth-order valence-corrected chi connectivity index (χ4v) is 1.55. The number of aryl methyl sites for hydroxylation is 1. The van der Waals surface area contributed by atoms with Gasteiger partial charge >= 0.3 is 0 Å². The van der Waals surface area contributed by atoms with Crippen molar-refractivity contribution >= 4 is 0 Å². The quantitative estimate of drug-likeness (QED) is 0.776. The molecule has 0 aliphatic carbocycles. The van der Waals surface area contributed by atoms with Crippen LogP contribution in [0.1, 0.15) is 37.7 Å². The van der Waals surface area contributed by atoms with Gasteiger partial charge in [0.1, 0.15) is 0 Å². The van der Waals surface area contributed by atoms with Crippen molar-refractivity contribution in [1.82, 2.24) is 15.4 Å². The largest absolute Gasteiger partial charge is 0.393 e. The summed E-state index contributed by atoms with van der Waals surface area (Å²) in [6.45, 7) is 5.88. The monoisotopic (exact) mass is 195 g/mol. The van der Waals surface area contributed by atoms with Crippen molar-refractivity contribution in [2.24, 2.45) is 0 Å². The number of nitrogens with zero attached hydrogens (tertiary/aromatic N) is 3. The molecule has 14 heavy (non-hydrogen) atoms. The Labute approximate surface area is 84.4 Å². The molecule has 1 rings (SSSR count). The number of aliphatic hydroxyl groups is 1. The molecule has 1 N–H and O–H groups in total. The molecule has 1 aromatic heterocycles. The van der Waals surface area contributed by atoms with Crippen LogP contribution in [0.3, 0.4) is 0 Å². The molecule has 0 aromatic carbocycles. The molecule has 0 saturated carbocycles. The number of rotatable bonds is 4. The first-order valence-electron chi connectivity index (χ1n) is 5.07. The van der Waals surface area contributed by atoms with E-state index < -0.39 is 0 Å². The Morgan fingerprint density at radius 3 is 2.29 bits per heavy atom. The second kappa shape index (κ2) is 5.00. The van der Waals surface area contributed by atoms with Crippen molar-refractivity contribution in [3.05, 3.63) is 17.0 Å². The Bertz CT molecular complexity index is 299. The Kier molecular flexibility index (Phi) is 3.95. The highest BCUT2D eigenvalue weighted by Gasteiger charge is 2.11. The number of aromatic nitrogens is 3. The lowest BCUT2D eigenvalue weighted by molar-refractivity contribution is 0.193. The van der Waals surface area contributed by atoms with Crippen molar-refractivity contribution in [2.45, 2.75) is 46.1 Å². The highest BCUT2D eigenvalue weighted by Crippen LogP contribution is 2.12. The van der Waals surface area contributed by atoms with Gasteiger partial charge in [-0.3, -0.25) is 0 Å². The van der Waals surface area contributed by atoms with Gasteiger partial charge in [0, 0.05) is 6.42 Å². The molecule has 4 nitrogen and oxygen atoms in total. The maximum Gasteiger partial charge on any atom is 0.0725 e. The summed E-state index contributed by atoms with van der Waals surface area (Å²) in [5, 5.41) is 21.0. The van der Waals surface area contributed by atoms with Crippen LogP contribution >= 0.6 is 0 Å². The molecule has 78 valence electrons. The smallest absolute Gasteiger partial charge is 0.0725 e. The summed E-state index contributed by atoms with van der Waals surface area (Å²) >= 11 is 0. The van der Waals surface area contributed by atoms with Crippen molar-refractivity contribution in [1.29, 1.82) is 0 Å². The molecule has 0 radical (unpaired) electrons. The normalized spacial score (nSPS) is 12.9. The lowest BCUT2D eigenvalue weighted by Crippen LogP contribution is -2.13. The molecule has 0 bridgehead atoms. The van der Waals surface area contributed by atoms with Gasteiger partial charge < -0.3 is 5.11 Å². The van der Waals surface area contributed by atoms with Crippen LogP contribution in [0.2, 0.25) is 0 Å². The second-order valence-electron chi connectivity index (χ2n) is 3.42. The molecule has 1 atom stereocenters. The SMILES string of the molecule is CCc1nnnc(CC(C)O)c1CC. The van der Waals surface area contributed by atoms with E-state index in [1.165, 1.54) is 0 Å². The van der Waals surface area contributed by atoms with Crippen LogP contribution < -0.4 is 0 Å². The minimum Gasteiger partial charge on any atom is -0.393 e. The highest BCUT2D eigenvalue weighted by molar-refractivity contribution is 5.23. The topological polar surface area (TPSA) is 58.9 Å². The molecule has 0 spiro atoms. The maximum absolute atomic E-state index is 9.30. The molecule has 1 unspecified atom stereocenters. The van der Waals surface area contributed by atoms with Crippen LogP contribution in [0.4, 0.5) is 0 Å². The van der Waals surface area contributed by atoms with E-state index in [1.807, 2.05) is 0 Å². The van der Waals surface area contributed by atoms with E-state index in [0.717, 1.165) is 29.8 Å². The zero-order chi connectivity index (χ0) is 10.6. The van der Waals surface area contributed by atoms with Gasteiger partial charge in [-0.05, 0) is 30.5 Å². The van der Waals surface area contributed by atoms with Crippen LogP contribution in [0.25, 0.3) is 0 Å². The molecular formula is C10H17N3O. The van der Waals surface area contributed by atoms with E-state index in [0.29, 0.717) is 6.42 Å². The Morgan fingerprint density at radius 2 is 1.79 bits per heavy atom. The average molecular weight is 195 g/mol. The lowest BCUT2D eigenvalue weighted by atomic mass is 10.0. The van der Waals surface area contributed by atoms with Gasteiger partial charge in [0.05, 0.1) is 17.5 Å². The van der Waals surface area contributed by atoms with E-state index in [4.69, 9.17) is 0 Å². The molecule has 0 amide bonds. The van der Waals surface area contributed by atoms with Crippen LogP contribution in [-0.2, 0) is 19.3 Å². The predicted octanol–water partition coefficient (Wildman–Crippen LogP) is 0.920. The third kappa shape index (κ3) is 2.48.